The fourth-order valence-corrected chi connectivity index (χ4v) is 3.33. The van der Waals surface area contributed by atoms with Crippen molar-refractivity contribution in [1.82, 2.24) is 4.90 Å². The molecule has 0 bridgehead atoms. The molecule has 2 heteroatoms. The molecule has 0 unspecified atom stereocenters. The summed E-state index contributed by atoms with van der Waals surface area (Å²) in [5, 5.41) is 0. The molecule has 0 aromatic heterocycles. The van der Waals surface area contributed by atoms with E-state index in [2.05, 4.69) is 53.1 Å². The van der Waals surface area contributed by atoms with Crippen LogP contribution in [0.1, 0.15) is 24.8 Å². The average Bonchev–Trinajstić information content (AvgIpc) is 2.50. The zero-order chi connectivity index (χ0) is 13.8. The van der Waals surface area contributed by atoms with Crippen LogP contribution in [0, 0.1) is 12.8 Å². The van der Waals surface area contributed by atoms with Crippen molar-refractivity contribution in [3.05, 3.63) is 42.0 Å². The van der Waals surface area contributed by atoms with Crippen LogP contribution in [0.25, 0.3) is 0 Å². The van der Waals surface area contributed by atoms with Crippen molar-refractivity contribution in [2.45, 2.75) is 26.2 Å². The Balaban J connectivity index is 1.49. The molecule has 0 radical (unpaired) electrons. The lowest BCUT2D eigenvalue weighted by Gasteiger charge is -2.38. The highest BCUT2D eigenvalue weighted by molar-refractivity contribution is 5.47. The van der Waals surface area contributed by atoms with Crippen LogP contribution in [-0.2, 0) is 0 Å². The highest BCUT2D eigenvalue weighted by atomic mass is 15.3. The molecule has 20 heavy (non-hydrogen) atoms. The molecule has 0 saturated carbocycles. The Morgan fingerprint density at radius 1 is 1.00 bits per heavy atom. The molecule has 3 rings (SSSR count). The average molecular weight is 270 g/mol. The van der Waals surface area contributed by atoms with Crippen LogP contribution in [0.5, 0.6) is 0 Å². The molecule has 1 aliphatic carbocycles. The summed E-state index contributed by atoms with van der Waals surface area (Å²) in [6.07, 6.45) is 8.67. The third-order valence-corrected chi connectivity index (χ3v) is 4.67. The summed E-state index contributed by atoms with van der Waals surface area (Å²) in [7, 11) is 0. The van der Waals surface area contributed by atoms with E-state index in [1.807, 2.05) is 0 Å². The monoisotopic (exact) mass is 270 g/mol. The molecule has 1 atom stereocenters. The first-order valence-corrected chi connectivity index (χ1v) is 8.00. The van der Waals surface area contributed by atoms with Crippen LogP contribution < -0.4 is 4.90 Å². The van der Waals surface area contributed by atoms with Crippen molar-refractivity contribution in [3.8, 4) is 0 Å². The minimum absolute atomic E-state index is 0.894. The van der Waals surface area contributed by atoms with E-state index < -0.39 is 0 Å². The quantitative estimate of drug-likeness (QED) is 0.776. The molecule has 1 fully saturated rings. The van der Waals surface area contributed by atoms with Crippen molar-refractivity contribution in [3.63, 3.8) is 0 Å². The molecule has 1 heterocycles. The van der Waals surface area contributed by atoms with Gasteiger partial charge < -0.3 is 4.90 Å². The van der Waals surface area contributed by atoms with E-state index in [4.69, 9.17) is 0 Å². The zero-order valence-electron chi connectivity index (χ0n) is 12.6. The van der Waals surface area contributed by atoms with E-state index in [-0.39, 0.29) is 0 Å². The molecular weight excluding hydrogens is 244 g/mol. The van der Waals surface area contributed by atoms with Gasteiger partial charge in [-0.25, -0.2) is 0 Å². The molecule has 108 valence electrons. The largest absolute Gasteiger partial charge is 0.369 e. The van der Waals surface area contributed by atoms with E-state index in [1.165, 1.54) is 63.2 Å². The SMILES string of the molecule is Cc1ccc(N2CCN(C[C@H]3CC=CCC3)CC2)cc1. The van der Waals surface area contributed by atoms with Crippen LogP contribution in [0.2, 0.25) is 0 Å². The predicted octanol–water partition coefficient (Wildman–Crippen LogP) is 3.47. The standard InChI is InChI=1S/C18H26N2/c1-16-7-9-18(10-8-16)20-13-11-19(12-14-20)15-17-5-3-2-4-6-17/h2-3,7-10,17H,4-6,11-15H2,1H3/t17-/m0/s1. The highest BCUT2D eigenvalue weighted by Crippen LogP contribution is 2.21. The zero-order valence-corrected chi connectivity index (χ0v) is 12.6. The van der Waals surface area contributed by atoms with Gasteiger partial charge in [-0.3, -0.25) is 4.90 Å². The Labute approximate surface area is 123 Å². The number of hydrogen-bond acceptors (Lipinski definition) is 2. The van der Waals surface area contributed by atoms with Crippen molar-refractivity contribution >= 4 is 5.69 Å². The van der Waals surface area contributed by atoms with Crippen molar-refractivity contribution in [1.29, 1.82) is 0 Å². The molecule has 1 aliphatic heterocycles. The lowest BCUT2D eigenvalue weighted by Crippen LogP contribution is -2.47. The maximum Gasteiger partial charge on any atom is 0.0367 e. The van der Waals surface area contributed by atoms with Gasteiger partial charge in [0.2, 0.25) is 0 Å². The maximum atomic E-state index is 2.66. The fourth-order valence-electron chi connectivity index (χ4n) is 3.33. The summed E-state index contributed by atoms with van der Waals surface area (Å²) in [6, 6.07) is 8.96. The highest BCUT2D eigenvalue weighted by Gasteiger charge is 2.20. The van der Waals surface area contributed by atoms with Crippen LogP contribution in [0.3, 0.4) is 0 Å². The number of allylic oxidation sites excluding steroid dienone is 2. The number of aryl methyl sites for hydroxylation is 1. The summed E-state index contributed by atoms with van der Waals surface area (Å²) < 4.78 is 0. The smallest absolute Gasteiger partial charge is 0.0367 e. The first-order chi connectivity index (χ1) is 9.81. The van der Waals surface area contributed by atoms with Gasteiger partial charge in [-0.2, -0.15) is 0 Å². The lowest BCUT2D eigenvalue weighted by molar-refractivity contribution is 0.211. The molecule has 1 aromatic carbocycles. The minimum Gasteiger partial charge on any atom is -0.369 e. The number of rotatable bonds is 3. The summed E-state index contributed by atoms with van der Waals surface area (Å²) in [5.74, 6) is 0.894. The Bertz CT molecular complexity index is 441. The molecule has 2 nitrogen and oxygen atoms in total. The summed E-state index contributed by atoms with van der Waals surface area (Å²) >= 11 is 0. The Morgan fingerprint density at radius 3 is 2.40 bits per heavy atom. The Hall–Kier alpha value is -1.28. The second-order valence-electron chi connectivity index (χ2n) is 6.27. The summed E-state index contributed by atoms with van der Waals surface area (Å²) in [6.45, 7) is 8.23. The van der Waals surface area contributed by atoms with E-state index in [1.54, 1.807) is 0 Å². The van der Waals surface area contributed by atoms with Gasteiger partial charge in [0.1, 0.15) is 0 Å². The molecule has 1 saturated heterocycles. The fraction of sp³-hybridized carbons (Fsp3) is 0.556. The second kappa shape index (κ2) is 6.45. The van der Waals surface area contributed by atoms with Gasteiger partial charge in [0.05, 0.1) is 0 Å². The topological polar surface area (TPSA) is 6.48 Å². The van der Waals surface area contributed by atoms with Crippen LogP contribution in [0.4, 0.5) is 5.69 Å². The van der Waals surface area contributed by atoms with Gasteiger partial charge in [0.15, 0.2) is 0 Å². The van der Waals surface area contributed by atoms with E-state index in [0.717, 1.165) is 5.92 Å². The normalized spacial score (nSPS) is 24.1. The first-order valence-electron chi connectivity index (χ1n) is 8.00. The number of benzene rings is 1. The van der Waals surface area contributed by atoms with Crippen LogP contribution in [0.15, 0.2) is 36.4 Å². The van der Waals surface area contributed by atoms with Gasteiger partial charge in [-0.15, -0.1) is 0 Å². The second-order valence-corrected chi connectivity index (χ2v) is 6.27. The maximum absolute atomic E-state index is 2.66. The number of nitrogens with zero attached hydrogens (tertiary/aromatic N) is 2. The molecule has 0 amide bonds. The first kappa shape index (κ1) is 13.7. The number of anilines is 1. The van der Waals surface area contributed by atoms with E-state index in [9.17, 15) is 0 Å². The van der Waals surface area contributed by atoms with Gasteiger partial charge >= 0.3 is 0 Å². The Kier molecular flexibility index (Phi) is 4.41. The number of piperazine rings is 1. The van der Waals surface area contributed by atoms with Crippen LogP contribution in [-0.4, -0.2) is 37.6 Å². The van der Waals surface area contributed by atoms with Crippen molar-refractivity contribution in [2.75, 3.05) is 37.6 Å². The van der Waals surface area contributed by atoms with E-state index in [0.29, 0.717) is 0 Å². The summed E-state index contributed by atoms with van der Waals surface area (Å²) in [5.41, 5.74) is 2.73. The number of hydrogen-bond donors (Lipinski definition) is 0. The third kappa shape index (κ3) is 3.43. The van der Waals surface area contributed by atoms with Crippen molar-refractivity contribution in [2.24, 2.45) is 5.92 Å². The van der Waals surface area contributed by atoms with Gasteiger partial charge in [-0.05, 0) is 44.2 Å². The predicted molar refractivity (Wildman–Crippen MR) is 86.3 cm³/mol. The third-order valence-electron chi connectivity index (χ3n) is 4.67. The lowest BCUT2D eigenvalue weighted by atomic mass is 9.94. The Morgan fingerprint density at radius 2 is 1.75 bits per heavy atom. The minimum atomic E-state index is 0.894. The molecule has 0 spiro atoms. The van der Waals surface area contributed by atoms with E-state index >= 15 is 0 Å². The van der Waals surface area contributed by atoms with Crippen LogP contribution >= 0.6 is 0 Å². The summed E-state index contributed by atoms with van der Waals surface area (Å²) in [4.78, 5) is 5.19. The molecule has 1 aromatic rings. The molecular formula is C18H26N2. The van der Waals surface area contributed by atoms with Crippen molar-refractivity contribution < 1.29 is 0 Å². The van der Waals surface area contributed by atoms with Gasteiger partial charge in [0.25, 0.3) is 0 Å². The van der Waals surface area contributed by atoms with Gasteiger partial charge in [-0.1, -0.05) is 29.8 Å². The molecule has 0 N–H and O–H groups in total. The molecule has 2 aliphatic rings. The van der Waals surface area contributed by atoms with Gasteiger partial charge in [0, 0.05) is 38.4 Å².